The van der Waals surface area contributed by atoms with Crippen LogP contribution in [-0.2, 0) is 19.1 Å². The van der Waals surface area contributed by atoms with Crippen LogP contribution in [0.5, 0.6) is 0 Å². The molecular formula is C19H30N8O5. The molecule has 0 aliphatic carbocycles. The van der Waals surface area contributed by atoms with Gasteiger partial charge in [0.05, 0.1) is 19.2 Å². The Morgan fingerprint density at radius 3 is 2.72 bits per heavy atom. The molecule has 0 unspecified atom stereocenters. The fraction of sp³-hybridized carbons (Fsp3) is 0.526. The van der Waals surface area contributed by atoms with Crippen LogP contribution in [0.15, 0.2) is 29.2 Å². The molecule has 0 aromatic carbocycles. The summed E-state index contributed by atoms with van der Waals surface area (Å²) in [4.78, 5) is 42.3. The fourth-order valence-corrected chi connectivity index (χ4v) is 3.03. The number of nitrogens with one attached hydrogen (secondary N) is 2. The summed E-state index contributed by atoms with van der Waals surface area (Å²) in [6.45, 7) is 2.26. The molecule has 0 spiro atoms. The molecule has 1 aliphatic rings. The zero-order valence-corrected chi connectivity index (χ0v) is 18.2. The van der Waals surface area contributed by atoms with Gasteiger partial charge >= 0.3 is 11.7 Å². The molecule has 2 heterocycles. The lowest BCUT2D eigenvalue weighted by Crippen LogP contribution is -2.55. The molecule has 176 valence electrons. The summed E-state index contributed by atoms with van der Waals surface area (Å²) < 4.78 is 11.7. The number of methoxy groups -OCH3 is 1. The minimum absolute atomic E-state index is 0.0540. The lowest BCUT2D eigenvalue weighted by molar-refractivity contribution is -0.163. The zero-order valence-electron chi connectivity index (χ0n) is 18.2. The summed E-state index contributed by atoms with van der Waals surface area (Å²) >= 11 is 0. The molecule has 2 rings (SSSR count). The van der Waals surface area contributed by atoms with E-state index in [2.05, 4.69) is 10.3 Å². The second-order valence-corrected chi connectivity index (χ2v) is 7.53. The van der Waals surface area contributed by atoms with Crippen molar-refractivity contribution < 1.29 is 19.1 Å². The van der Waals surface area contributed by atoms with Crippen LogP contribution in [0.3, 0.4) is 0 Å². The first kappa shape index (κ1) is 24.8. The van der Waals surface area contributed by atoms with Crippen molar-refractivity contribution >= 4 is 23.7 Å². The average molecular weight is 451 g/mol. The minimum atomic E-state index is -1.21. The van der Waals surface area contributed by atoms with Gasteiger partial charge in [0, 0.05) is 19.8 Å². The van der Waals surface area contributed by atoms with Gasteiger partial charge in [-0.25, -0.2) is 9.59 Å². The number of ether oxygens (including phenoxy) is 2. The van der Waals surface area contributed by atoms with Crippen molar-refractivity contribution in [1.82, 2.24) is 19.8 Å². The van der Waals surface area contributed by atoms with Gasteiger partial charge in [0.2, 0.25) is 5.91 Å². The monoisotopic (exact) mass is 450 g/mol. The van der Waals surface area contributed by atoms with Crippen LogP contribution < -0.4 is 28.2 Å². The van der Waals surface area contributed by atoms with Gasteiger partial charge < -0.3 is 36.9 Å². The number of rotatable bonds is 8. The molecule has 1 amide bonds. The quantitative estimate of drug-likeness (QED) is 0.129. The van der Waals surface area contributed by atoms with Crippen LogP contribution in [0.25, 0.3) is 0 Å². The van der Waals surface area contributed by atoms with Crippen molar-refractivity contribution in [2.45, 2.75) is 37.8 Å². The number of nitrogen functional groups attached to an aromatic ring is 1. The molecule has 0 saturated heterocycles. The van der Waals surface area contributed by atoms with E-state index in [1.807, 2.05) is 0 Å². The van der Waals surface area contributed by atoms with Crippen molar-refractivity contribution in [3.63, 3.8) is 0 Å². The number of nitrogens with two attached hydrogens (primary N) is 3. The summed E-state index contributed by atoms with van der Waals surface area (Å²) in [6, 6.07) is -0.311. The third-order valence-electron chi connectivity index (χ3n) is 5.21. The van der Waals surface area contributed by atoms with Crippen LogP contribution in [-0.4, -0.2) is 71.2 Å². The Kier molecular flexibility index (Phi) is 8.32. The number of carbonyl (C=O) groups is 2. The van der Waals surface area contributed by atoms with E-state index < -0.39 is 42.0 Å². The number of hydrogen-bond donors (Lipinski definition) is 5. The first-order valence-corrected chi connectivity index (χ1v) is 9.92. The molecule has 13 heteroatoms. The summed E-state index contributed by atoms with van der Waals surface area (Å²) in [5.41, 5.74) is 16.3. The molecule has 1 aromatic rings. The number of nitrogens with zero attached hydrogens (tertiary/aromatic N) is 3. The third kappa shape index (κ3) is 6.04. The van der Waals surface area contributed by atoms with Gasteiger partial charge in [-0.15, -0.1) is 0 Å². The number of esters is 1. The van der Waals surface area contributed by atoms with E-state index in [9.17, 15) is 14.4 Å². The Labute approximate surface area is 185 Å². The number of amides is 1. The number of carbonyl (C=O) groups excluding carboxylic acids is 2. The molecule has 1 aliphatic heterocycles. The highest BCUT2D eigenvalue weighted by Crippen LogP contribution is 2.21. The Morgan fingerprint density at radius 1 is 1.44 bits per heavy atom. The van der Waals surface area contributed by atoms with E-state index in [-0.39, 0.29) is 17.7 Å². The first-order chi connectivity index (χ1) is 15.0. The second kappa shape index (κ2) is 10.7. The Bertz CT molecular complexity index is 933. The first-order valence-electron chi connectivity index (χ1n) is 9.92. The largest absolute Gasteiger partial charge is 0.467 e. The molecule has 32 heavy (non-hydrogen) atoms. The van der Waals surface area contributed by atoms with Crippen LogP contribution in [0.4, 0.5) is 5.82 Å². The van der Waals surface area contributed by atoms with E-state index in [1.54, 1.807) is 18.9 Å². The highest BCUT2D eigenvalue weighted by atomic mass is 16.6. The molecule has 5 atom stereocenters. The van der Waals surface area contributed by atoms with Crippen molar-refractivity contribution in [2.75, 3.05) is 26.4 Å². The number of hydrogen-bond acceptors (Lipinski definition) is 9. The molecule has 0 bridgehead atoms. The van der Waals surface area contributed by atoms with Crippen molar-refractivity contribution in [1.29, 1.82) is 5.41 Å². The molecule has 0 fully saturated rings. The smallest absolute Gasteiger partial charge is 0.351 e. The predicted molar refractivity (Wildman–Crippen MR) is 116 cm³/mol. The standard InChI is InChI=1S/C19H30N8O5/c1-10(6-8-26(2)18(22)23)14(21)16(28)24-11-4-5-13(32-15(11)17(29)31-3)27-9-7-12(20)25-19(27)30/h4-5,7,9-11,13-15H,6,8,21H2,1-3H3,(H3,22,23)(H,24,28)(H2,20,25,30)/t10-,11-,13-,14+,15-/m1/s1. The predicted octanol–water partition coefficient (Wildman–Crippen LogP) is -1.88. The maximum absolute atomic E-state index is 12.7. The summed E-state index contributed by atoms with van der Waals surface area (Å²) in [5, 5.41) is 10.1. The average Bonchev–Trinajstić information content (AvgIpc) is 2.76. The molecule has 0 saturated carbocycles. The van der Waals surface area contributed by atoms with Gasteiger partial charge in [-0.1, -0.05) is 13.0 Å². The van der Waals surface area contributed by atoms with Crippen molar-refractivity contribution in [2.24, 2.45) is 17.4 Å². The van der Waals surface area contributed by atoms with Crippen molar-refractivity contribution in [3.05, 3.63) is 34.9 Å². The van der Waals surface area contributed by atoms with E-state index in [4.69, 9.17) is 32.1 Å². The third-order valence-corrected chi connectivity index (χ3v) is 5.21. The lowest BCUT2D eigenvalue weighted by atomic mass is 9.97. The van der Waals surface area contributed by atoms with Gasteiger partial charge in [-0.3, -0.25) is 14.8 Å². The van der Waals surface area contributed by atoms with Gasteiger partial charge in [-0.2, -0.15) is 4.98 Å². The molecule has 1 aromatic heterocycles. The van der Waals surface area contributed by atoms with Gasteiger partial charge in [-0.05, 0) is 24.5 Å². The Morgan fingerprint density at radius 2 is 2.12 bits per heavy atom. The Hall–Kier alpha value is -3.45. The maximum atomic E-state index is 12.7. The Balaban J connectivity index is 2.11. The molecule has 0 radical (unpaired) electrons. The lowest BCUT2D eigenvalue weighted by Gasteiger charge is -2.32. The highest BCUT2D eigenvalue weighted by molar-refractivity contribution is 5.84. The number of aromatic nitrogens is 2. The van der Waals surface area contributed by atoms with Crippen LogP contribution in [0, 0.1) is 11.3 Å². The van der Waals surface area contributed by atoms with Crippen molar-refractivity contribution in [3.8, 4) is 0 Å². The summed E-state index contributed by atoms with van der Waals surface area (Å²) in [5.74, 6) is -1.47. The number of anilines is 1. The zero-order chi connectivity index (χ0) is 24.0. The molecule has 13 nitrogen and oxygen atoms in total. The highest BCUT2D eigenvalue weighted by Gasteiger charge is 2.37. The fourth-order valence-electron chi connectivity index (χ4n) is 3.03. The SMILES string of the molecule is COC(=O)[C@@H]1O[C@@H](n2ccc(N)nc2=O)C=C[C@H]1NC(=O)[C@@H](N)[C@H](C)CCN(C)C(=N)N. The van der Waals surface area contributed by atoms with Gasteiger partial charge in [0.1, 0.15) is 5.82 Å². The van der Waals surface area contributed by atoms with E-state index in [0.29, 0.717) is 13.0 Å². The summed E-state index contributed by atoms with van der Waals surface area (Å²) in [7, 11) is 2.86. The van der Waals surface area contributed by atoms with E-state index in [0.717, 1.165) is 4.57 Å². The van der Waals surface area contributed by atoms with Crippen LogP contribution in [0.1, 0.15) is 19.6 Å². The topological polar surface area (TPSA) is 205 Å². The van der Waals surface area contributed by atoms with Crippen LogP contribution in [0.2, 0.25) is 0 Å². The van der Waals surface area contributed by atoms with Gasteiger partial charge in [0.15, 0.2) is 18.3 Å². The molecular weight excluding hydrogens is 420 g/mol. The van der Waals surface area contributed by atoms with Crippen LogP contribution >= 0.6 is 0 Å². The normalized spacial score (nSPS) is 21.9. The summed E-state index contributed by atoms with van der Waals surface area (Å²) in [6.07, 6.45) is 2.81. The number of guanidine groups is 1. The molecule has 8 N–H and O–H groups in total. The van der Waals surface area contributed by atoms with Gasteiger partial charge in [0.25, 0.3) is 0 Å². The van der Waals surface area contributed by atoms with E-state index >= 15 is 0 Å². The second-order valence-electron chi connectivity index (χ2n) is 7.53. The maximum Gasteiger partial charge on any atom is 0.351 e. The van der Waals surface area contributed by atoms with E-state index in [1.165, 1.54) is 31.5 Å². The minimum Gasteiger partial charge on any atom is -0.467 e.